The Bertz CT molecular complexity index is 413. The lowest BCUT2D eigenvalue weighted by molar-refractivity contribution is 0.322. The van der Waals surface area contributed by atoms with Gasteiger partial charge in [-0.2, -0.15) is 5.26 Å². The van der Waals surface area contributed by atoms with E-state index in [-0.39, 0.29) is 5.41 Å². The van der Waals surface area contributed by atoms with Crippen LogP contribution in [-0.2, 0) is 11.8 Å². The molecule has 1 aromatic rings. The summed E-state index contributed by atoms with van der Waals surface area (Å²) in [6, 6.07) is 8.41. The van der Waals surface area contributed by atoms with Crippen molar-refractivity contribution in [2.24, 2.45) is 0 Å². The Morgan fingerprint density at radius 2 is 2.20 bits per heavy atom. The molecule has 0 heterocycles. The topological polar surface area (TPSA) is 23.8 Å². The van der Waals surface area contributed by atoms with Crippen LogP contribution in [0.1, 0.15) is 37.3 Å². The van der Waals surface area contributed by atoms with Crippen LogP contribution in [0.2, 0.25) is 5.02 Å². The standard InChI is InChI=1S/C13H14ClN/c1-2-10-4-5-11(14)8-12(10)13(9-15)6-3-7-13/h4-5,8H,2-3,6-7H2,1H3. The first-order valence-corrected chi connectivity index (χ1v) is 5.80. The van der Waals surface area contributed by atoms with E-state index in [0.717, 1.165) is 36.3 Å². The van der Waals surface area contributed by atoms with E-state index in [0.29, 0.717) is 0 Å². The molecular formula is C13H14ClN. The highest BCUT2D eigenvalue weighted by Crippen LogP contribution is 2.45. The molecule has 0 aromatic heterocycles. The highest BCUT2D eigenvalue weighted by Gasteiger charge is 2.40. The Morgan fingerprint density at radius 1 is 1.47 bits per heavy atom. The Kier molecular flexibility index (Phi) is 2.71. The third-order valence-electron chi connectivity index (χ3n) is 3.39. The zero-order valence-corrected chi connectivity index (χ0v) is 9.64. The second kappa shape index (κ2) is 3.87. The lowest BCUT2D eigenvalue weighted by Crippen LogP contribution is -2.33. The van der Waals surface area contributed by atoms with Gasteiger partial charge in [-0.25, -0.2) is 0 Å². The maximum absolute atomic E-state index is 9.31. The van der Waals surface area contributed by atoms with Gasteiger partial charge in [0, 0.05) is 5.02 Å². The Balaban J connectivity index is 2.50. The van der Waals surface area contributed by atoms with Crippen LogP contribution in [0.25, 0.3) is 0 Å². The average Bonchev–Trinajstić information content (AvgIpc) is 2.17. The van der Waals surface area contributed by atoms with Crippen LogP contribution in [0.15, 0.2) is 18.2 Å². The fourth-order valence-corrected chi connectivity index (χ4v) is 2.45. The Hall–Kier alpha value is -1.00. The molecule has 1 fully saturated rings. The van der Waals surface area contributed by atoms with Gasteiger partial charge >= 0.3 is 0 Å². The van der Waals surface area contributed by atoms with Crippen molar-refractivity contribution in [1.82, 2.24) is 0 Å². The molecule has 2 rings (SSSR count). The van der Waals surface area contributed by atoms with Crippen LogP contribution in [0.4, 0.5) is 0 Å². The van der Waals surface area contributed by atoms with Gasteiger partial charge in [0.2, 0.25) is 0 Å². The number of hydrogen-bond acceptors (Lipinski definition) is 1. The summed E-state index contributed by atoms with van der Waals surface area (Å²) in [7, 11) is 0. The molecule has 78 valence electrons. The quantitative estimate of drug-likeness (QED) is 0.741. The molecule has 15 heavy (non-hydrogen) atoms. The molecular weight excluding hydrogens is 206 g/mol. The van der Waals surface area contributed by atoms with Crippen molar-refractivity contribution in [2.75, 3.05) is 0 Å². The molecule has 0 atom stereocenters. The van der Waals surface area contributed by atoms with Gasteiger partial charge in [0.1, 0.15) is 0 Å². The smallest absolute Gasteiger partial charge is 0.0825 e. The van der Waals surface area contributed by atoms with Crippen LogP contribution in [-0.4, -0.2) is 0 Å². The lowest BCUT2D eigenvalue weighted by atomic mass is 9.64. The predicted molar refractivity (Wildman–Crippen MR) is 62.0 cm³/mol. The largest absolute Gasteiger partial charge is 0.197 e. The number of hydrogen-bond donors (Lipinski definition) is 0. The zero-order chi connectivity index (χ0) is 10.9. The minimum Gasteiger partial charge on any atom is -0.197 e. The number of nitriles is 1. The van der Waals surface area contributed by atoms with Crippen molar-refractivity contribution in [3.63, 3.8) is 0 Å². The summed E-state index contributed by atoms with van der Waals surface area (Å²) in [5, 5.41) is 10.0. The Morgan fingerprint density at radius 3 is 2.67 bits per heavy atom. The SMILES string of the molecule is CCc1ccc(Cl)cc1C1(C#N)CCC1. The molecule has 1 aliphatic carbocycles. The highest BCUT2D eigenvalue weighted by molar-refractivity contribution is 6.30. The van der Waals surface area contributed by atoms with Crippen molar-refractivity contribution in [3.05, 3.63) is 34.3 Å². The number of halogens is 1. The van der Waals surface area contributed by atoms with Gasteiger partial charge in [-0.3, -0.25) is 0 Å². The monoisotopic (exact) mass is 219 g/mol. The molecule has 1 saturated carbocycles. The normalized spacial score (nSPS) is 17.9. The third kappa shape index (κ3) is 1.64. The molecule has 1 nitrogen and oxygen atoms in total. The first kappa shape index (κ1) is 10.5. The Labute approximate surface area is 95.7 Å². The summed E-state index contributed by atoms with van der Waals surface area (Å²) < 4.78 is 0. The van der Waals surface area contributed by atoms with Gasteiger partial charge < -0.3 is 0 Å². The summed E-state index contributed by atoms with van der Waals surface area (Å²) in [4.78, 5) is 0. The van der Waals surface area contributed by atoms with Crippen LogP contribution in [0, 0.1) is 11.3 Å². The predicted octanol–water partition coefficient (Wildman–Crippen LogP) is 3.85. The molecule has 2 heteroatoms. The number of rotatable bonds is 2. The summed E-state index contributed by atoms with van der Waals surface area (Å²) in [5.74, 6) is 0. The van der Waals surface area contributed by atoms with Gasteiger partial charge in [0.05, 0.1) is 11.5 Å². The fraction of sp³-hybridized carbons (Fsp3) is 0.462. The molecule has 0 N–H and O–H groups in total. The summed E-state index contributed by atoms with van der Waals surface area (Å²) >= 11 is 6.01. The summed E-state index contributed by atoms with van der Waals surface area (Å²) in [6.07, 6.45) is 4.09. The average molecular weight is 220 g/mol. The van der Waals surface area contributed by atoms with Crippen LogP contribution in [0.5, 0.6) is 0 Å². The van der Waals surface area contributed by atoms with E-state index in [1.54, 1.807) is 0 Å². The maximum Gasteiger partial charge on any atom is 0.0825 e. The minimum atomic E-state index is -0.240. The van der Waals surface area contributed by atoms with Gasteiger partial charge in [-0.05, 0) is 48.9 Å². The second-order valence-electron chi connectivity index (χ2n) is 4.20. The minimum absolute atomic E-state index is 0.240. The van der Waals surface area contributed by atoms with Gasteiger partial charge in [-0.15, -0.1) is 0 Å². The van der Waals surface area contributed by atoms with E-state index in [9.17, 15) is 5.26 Å². The summed E-state index contributed by atoms with van der Waals surface area (Å²) in [6.45, 7) is 2.12. The fourth-order valence-electron chi connectivity index (χ4n) is 2.27. The first-order chi connectivity index (χ1) is 7.22. The van der Waals surface area contributed by atoms with Crippen LogP contribution >= 0.6 is 11.6 Å². The molecule has 0 aliphatic heterocycles. The molecule has 0 bridgehead atoms. The molecule has 0 spiro atoms. The van der Waals surface area contributed by atoms with E-state index in [1.165, 1.54) is 5.56 Å². The van der Waals surface area contributed by atoms with Gasteiger partial charge in [-0.1, -0.05) is 24.6 Å². The van der Waals surface area contributed by atoms with Crippen molar-refractivity contribution < 1.29 is 0 Å². The van der Waals surface area contributed by atoms with Gasteiger partial charge in [0.25, 0.3) is 0 Å². The van der Waals surface area contributed by atoms with E-state index in [2.05, 4.69) is 19.1 Å². The molecule has 0 radical (unpaired) electrons. The number of benzene rings is 1. The van der Waals surface area contributed by atoms with E-state index in [1.807, 2.05) is 12.1 Å². The second-order valence-corrected chi connectivity index (χ2v) is 4.64. The molecule has 0 unspecified atom stereocenters. The van der Waals surface area contributed by atoms with Crippen molar-refractivity contribution >= 4 is 11.6 Å². The third-order valence-corrected chi connectivity index (χ3v) is 3.62. The van der Waals surface area contributed by atoms with Crippen molar-refractivity contribution in [2.45, 2.75) is 38.0 Å². The van der Waals surface area contributed by atoms with Gasteiger partial charge in [0.15, 0.2) is 0 Å². The number of aryl methyl sites for hydroxylation is 1. The van der Waals surface area contributed by atoms with Crippen molar-refractivity contribution in [3.8, 4) is 6.07 Å². The first-order valence-electron chi connectivity index (χ1n) is 5.42. The maximum atomic E-state index is 9.31. The van der Waals surface area contributed by atoms with E-state index in [4.69, 9.17) is 11.6 Å². The van der Waals surface area contributed by atoms with Crippen LogP contribution < -0.4 is 0 Å². The summed E-state index contributed by atoms with van der Waals surface area (Å²) in [5.41, 5.74) is 2.18. The molecule has 0 amide bonds. The lowest BCUT2D eigenvalue weighted by Gasteiger charge is -2.37. The van der Waals surface area contributed by atoms with Crippen molar-refractivity contribution in [1.29, 1.82) is 5.26 Å². The number of nitrogens with zero attached hydrogens (tertiary/aromatic N) is 1. The van der Waals surface area contributed by atoms with E-state index < -0.39 is 0 Å². The molecule has 1 aromatic carbocycles. The van der Waals surface area contributed by atoms with Crippen LogP contribution in [0.3, 0.4) is 0 Å². The highest BCUT2D eigenvalue weighted by atomic mass is 35.5. The zero-order valence-electron chi connectivity index (χ0n) is 8.89. The molecule has 0 saturated heterocycles. The molecule has 1 aliphatic rings. The van der Waals surface area contributed by atoms with E-state index >= 15 is 0 Å².